The van der Waals surface area contributed by atoms with Crippen molar-refractivity contribution in [1.29, 1.82) is 0 Å². The lowest BCUT2D eigenvalue weighted by atomic mass is 10.1. The molecule has 0 saturated carbocycles. The second-order valence-electron chi connectivity index (χ2n) is 5.55. The first-order chi connectivity index (χ1) is 12.9. The molecule has 0 saturated heterocycles. The number of anilines is 1. The van der Waals surface area contributed by atoms with Crippen LogP contribution in [0.4, 0.5) is 5.13 Å². The van der Waals surface area contributed by atoms with Crippen molar-refractivity contribution in [2.75, 3.05) is 5.32 Å². The van der Waals surface area contributed by atoms with E-state index < -0.39 is 0 Å². The van der Waals surface area contributed by atoms with Crippen molar-refractivity contribution >= 4 is 74.9 Å². The SMILES string of the molecule is O=C(/C=C\c1ccc(Cl)c(Cl)c1)Nc1ncc(Cc2ccc(Cl)c(Cl)c2)s1. The highest BCUT2D eigenvalue weighted by molar-refractivity contribution is 7.15. The summed E-state index contributed by atoms with van der Waals surface area (Å²) < 4.78 is 0. The first-order valence-corrected chi connectivity index (χ1v) is 10.1. The van der Waals surface area contributed by atoms with Crippen LogP contribution in [0.3, 0.4) is 0 Å². The number of thiazole rings is 1. The van der Waals surface area contributed by atoms with Crippen LogP contribution in [0.25, 0.3) is 6.08 Å². The first-order valence-electron chi connectivity index (χ1n) is 7.73. The molecule has 2 aromatic carbocycles. The molecule has 27 heavy (non-hydrogen) atoms. The van der Waals surface area contributed by atoms with Crippen molar-refractivity contribution in [3.05, 3.63) is 84.8 Å². The van der Waals surface area contributed by atoms with E-state index in [9.17, 15) is 4.79 Å². The number of carbonyl (C=O) groups is 1. The third kappa shape index (κ3) is 5.71. The minimum atomic E-state index is -0.281. The monoisotopic (exact) mass is 456 g/mol. The van der Waals surface area contributed by atoms with Gasteiger partial charge < -0.3 is 0 Å². The van der Waals surface area contributed by atoms with Gasteiger partial charge in [0.2, 0.25) is 5.91 Å². The van der Waals surface area contributed by atoms with Gasteiger partial charge in [0.1, 0.15) is 0 Å². The number of nitrogens with one attached hydrogen (secondary N) is 1. The molecule has 0 aliphatic rings. The van der Waals surface area contributed by atoms with E-state index in [0.29, 0.717) is 31.6 Å². The second kappa shape index (κ2) is 9.09. The summed E-state index contributed by atoms with van der Waals surface area (Å²) in [6, 6.07) is 10.6. The van der Waals surface area contributed by atoms with Crippen LogP contribution < -0.4 is 5.32 Å². The van der Waals surface area contributed by atoms with Crippen LogP contribution in [0.5, 0.6) is 0 Å². The quantitative estimate of drug-likeness (QED) is 0.419. The van der Waals surface area contributed by atoms with E-state index >= 15 is 0 Å². The van der Waals surface area contributed by atoms with Gasteiger partial charge in [0.15, 0.2) is 5.13 Å². The van der Waals surface area contributed by atoms with Crippen molar-refractivity contribution in [3.63, 3.8) is 0 Å². The van der Waals surface area contributed by atoms with E-state index in [1.54, 1.807) is 36.5 Å². The summed E-state index contributed by atoms with van der Waals surface area (Å²) in [7, 11) is 0. The van der Waals surface area contributed by atoms with E-state index in [-0.39, 0.29) is 5.91 Å². The number of hydrogen-bond donors (Lipinski definition) is 1. The highest BCUT2D eigenvalue weighted by Gasteiger charge is 2.07. The minimum absolute atomic E-state index is 0.281. The molecule has 3 nitrogen and oxygen atoms in total. The maximum absolute atomic E-state index is 12.1. The largest absolute Gasteiger partial charge is 0.298 e. The Hall–Kier alpha value is -1.56. The molecule has 0 unspecified atom stereocenters. The molecular weight excluding hydrogens is 446 g/mol. The number of aromatic nitrogens is 1. The fraction of sp³-hybridized carbons (Fsp3) is 0.0526. The van der Waals surface area contributed by atoms with E-state index in [1.807, 2.05) is 12.1 Å². The van der Waals surface area contributed by atoms with Gasteiger partial charge in [-0.15, -0.1) is 11.3 Å². The molecule has 0 aliphatic heterocycles. The van der Waals surface area contributed by atoms with Crippen molar-refractivity contribution in [1.82, 2.24) is 4.98 Å². The standard InChI is InChI=1S/C19H12Cl4N2OS/c20-14-4-1-11(8-16(14)22)3-6-18(26)25-19-24-10-13(27-19)7-12-2-5-15(21)17(23)9-12/h1-6,8-10H,7H2,(H,24,25,26)/b6-3-. The second-order valence-corrected chi connectivity index (χ2v) is 8.30. The van der Waals surface area contributed by atoms with Crippen LogP contribution >= 0.6 is 57.7 Å². The zero-order chi connectivity index (χ0) is 19.4. The number of nitrogens with zero attached hydrogens (tertiary/aromatic N) is 1. The van der Waals surface area contributed by atoms with Gasteiger partial charge in [-0.1, -0.05) is 58.5 Å². The van der Waals surface area contributed by atoms with Crippen LogP contribution in [0, 0.1) is 0 Å². The molecule has 1 aromatic heterocycles. The van der Waals surface area contributed by atoms with Gasteiger partial charge >= 0.3 is 0 Å². The van der Waals surface area contributed by atoms with Crippen LogP contribution in [-0.2, 0) is 11.2 Å². The number of hydrogen-bond acceptors (Lipinski definition) is 3. The van der Waals surface area contributed by atoms with Gasteiger partial charge in [0.05, 0.1) is 20.1 Å². The van der Waals surface area contributed by atoms with Gasteiger partial charge in [0, 0.05) is 23.6 Å². The Morgan fingerprint density at radius 3 is 2.41 bits per heavy atom. The molecule has 138 valence electrons. The average molecular weight is 458 g/mol. The average Bonchev–Trinajstić information content (AvgIpc) is 3.06. The molecular formula is C19H12Cl4N2OS. The molecule has 8 heteroatoms. The third-order valence-electron chi connectivity index (χ3n) is 3.52. The topological polar surface area (TPSA) is 42.0 Å². The zero-order valence-corrected chi connectivity index (χ0v) is 17.5. The van der Waals surface area contributed by atoms with Crippen LogP contribution in [-0.4, -0.2) is 10.9 Å². The molecule has 0 fully saturated rings. The highest BCUT2D eigenvalue weighted by atomic mass is 35.5. The third-order valence-corrected chi connectivity index (χ3v) is 5.91. The minimum Gasteiger partial charge on any atom is -0.298 e. The molecule has 0 radical (unpaired) electrons. The lowest BCUT2D eigenvalue weighted by Crippen LogP contribution is -2.07. The number of halogens is 4. The summed E-state index contributed by atoms with van der Waals surface area (Å²) in [6.45, 7) is 0. The Balaban J connectivity index is 1.61. The maximum Gasteiger partial charge on any atom is 0.250 e. The summed E-state index contributed by atoms with van der Waals surface area (Å²) in [4.78, 5) is 17.3. The summed E-state index contributed by atoms with van der Waals surface area (Å²) in [5.74, 6) is -0.281. The molecule has 0 atom stereocenters. The van der Waals surface area contributed by atoms with Crippen molar-refractivity contribution < 1.29 is 4.79 Å². The Labute approximate surface area is 180 Å². The van der Waals surface area contributed by atoms with Crippen molar-refractivity contribution in [3.8, 4) is 0 Å². The Bertz CT molecular complexity index is 1020. The number of benzene rings is 2. The van der Waals surface area contributed by atoms with Gasteiger partial charge in [-0.25, -0.2) is 4.98 Å². The van der Waals surface area contributed by atoms with Gasteiger partial charge in [-0.3, -0.25) is 10.1 Å². The van der Waals surface area contributed by atoms with Crippen LogP contribution in [0.1, 0.15) is 16.0 Å². The number of carbonyl (C=O) groups excluding carboxylic acids is 1. The Morgan fingerprint density at radius 1 is 1.00 bits per heavy atom. The summed E-state index contributed by atoms with van der Waals surface area (Å²) >= 11 is 25.2. The van der Waals surface area contributed by atoms with E-state index in [4.69, 9.17) is 46.4 Å². The fourth-order valence-electron chi connectivity index (χ4n) is 2.23. The molecule has 0 bridgehead atoms. The molecule has 1 heterocycles. The predicted octanol–water partition coefficient (Wildman–Crippen LogP) is 7.00. The van der Waals surface area contributed by atoms with Crippen molar-refractivity contribution in [2.24, 2.45) is 0 Å². The van der Waals surface area contributed by atoms with Crippen LogP contribution in [0.2, 0.25) is 20.1 Å². The number of amides is 1. The van der Waals surface area contributed by atoms with Crippen LogP contribution in [0.15, 0.2) is 48.7 Å². The molecule has 3 rings (SSSR count). The zero-order valence-electron chi connectivity index (χ0n) is 13.7. The smallest absolute Gasteiger partial charge is 0.250 e. The molecule has 0 aliphatic carbocycles. The lowest BCUT2D eigenvalue weighted by molar-refractivity contribution is -0.111. The Morgan fingerprint density at radius 2 is 1.70 bits per heavy atom. The molecule has 1 N–H and O–H groups in total. The fourth-order valence-corrected chi connectivity index (χ4v) is 3.71. The predicted molar refractivity (Wildman–Crippen MR) is 116 cm³/mol. The summed E-state index contributed by atoms with van der Waals surface area (Å²) in [5, 5.41) is 5.20. The van der Waals surface area contributed by atoms with Gasteiger partial charge in [-0.05, 0) is 41.5 Å². The molecule has 1 amide bonds. The summed E-state index contributed by atoms with van der Waals surface area (Å²) in [6.07, 6.45) is 5.45. The van der Waals surface area contributed by atoms with E-state index in [1.165, 1.54) is 17.4 Å². The summed E-state index contributed by atoms with van der Waals surface area (Å²) in [5.41, 5.74) is 1.80. The normalized spacial score (nSPS) is 11.1. The van der Waals surface area contributed by atoms with E-state index in [2.05, 4.69) is 10.3 Å². The number of rotatable bonds is 5. The first kappa shape index (κ1) is 20.2. The maximum atomic E-state index is 12.1. The van der Waals surface area contributed by atoms with E-state index in [0.717, 1.165) is 16.0 Å². The molecule has 0 spiro atoms. The molecule has 3 aromatic rings. The van der Waals surface area contributed by atoms with Crippen molar-refractivity contribution in [2.45, 2.75) is 6.42 Å². The highest BCUT2D eigenvalue weighted by Crippen LogP contribution is 2.26. The van der Waals surface area contributed by atoms with Gasteiger partial charge in [0.25, 0.3) is 0 Å². The Kier molecular flexibility index (Phi) is 6.79. The van der Waals surface area contributed by atoms with Gasteiger partial charge in [-0.2, -0.15) is 0 Å². The lowest BCUT2D eigenvalue weighted by Gasteiger charge is -2.01.